The van der Waals surface area contributed by atoms with Gasteiger partial charge >= 0.3 is 12.0 Å². The number of nitrogens with zero attached hydrogens (tertiary/aromatic N) is 2. The minimum Gasteiger partial charge on any atom is -0.481 e. The first-order chi connectivity index (χ1) is 10.2. The number of rotatable bonds is 2. The maximum absolute atomic E-state index is 12.9. The van der Waals surface area contributed by atoms with Crippen LogP contribution in [0.1, 0.15) is 57.8 Å². The molecule has 1 saturated carbocycles. The van der Waals surface area contributed by atoms with Crippen molar-refractivity contribution in [3.63, 3.8) is 0 Å². The molecule has 5 heteroatoms. The first-order valence-electron chi connectivity index (χ1n) is 8.46. The highest BCUT2D eigenvalue weighted by molar-refractivity contribution is 5.77. The van der Waals surface area contributed by atoms with Crippen LogP contribution in [0.3, 0.4) is 0 Å². The zero-order valence-electron chi connectivity index (χ0n) is 12.7. The molecule has 0 aromatic rings. The molecule has 21 heavy (non-hydrogen) atoms. The number of carboxylic acid groups (broad SMARTS) is 1. The van der Waals surface area contributed by atoms with Gasteiger partial charge in [0.15, 0.2) is 0 Å². The van der Waals surface area contributed by atoms with Crippen LogP contribution in [0.4, 0.5) is 4.79 Å². The van der Waals surface area contributed by atoms with Crippen LogP contribution in [0.5, 0.6) is 0 Å². The predicted octanol–water partition coefficient (Wildman–Crippen LogP) is 2.70. The van der Waals surface area contributed by atoms with Gasteiger partial charge in [-0.2, -0.15) is 0 Å². The molecule has 0 bridgehead atoms. The first-order valence-corrected chi connectivity index (χ1v) is 8.46. The standard InChI is InChI=1S/C16H26N2O3/c19-15(20)11-13-6-3-4-9-17(13)16(21)18-10-8-12-5-1-2-7-14(12)18/h12-14H,1-11H2,(H,19,20). The van der Waals surface area contributed by atoms with E-state index in [2.05, 4.69) is 4.90 Å². The maximum Gasteiger partial charge on any atom is 0.320 e. The number of hydrogen-bond donors (Lipinski definition) is 1. The normalized spacial score (nSPS) is 32.9. The summed E-state index contributed by atoms with van der Waals surface area (Å²) in [6.45, 7) is 1.59. The van der Waals surface area contributed by atoms with E-state index in [0.717, 1.165) is 45.2 Å². The van der Waals surface area contributed by atoms with Crippen LogP contribution in [-0.4, -0.2) is 52.1 Å². The van der Waals surface area contributed by atoms with E-state index in [0.29, 0.717) is 12.0 Å². The molecule has 2 aliphatic heterocycles. The van der Waals surface area contributed by atoms with E-state index in [1.54, 1.807) is 0 Å². The quantitative estimate of drug-likeness (QED) is 0.851. The molecule has 1 aliphatic carbocycles. The molecule has 0 spiro atoms. The summed E-state index contributed by atoms with van der Waals surface area (Å²) >= 11 is 0. The predicted molar refractivity (Wildman–Crippen MR) is 79.1 cm³/mol. The van der Waals surface area contributed by atoms with Crippen LogP contribution in [0.15, 0.2) is 0 Å². The fraction of sp³-hybridized carbons (Fsp3) is 0.875. The molecule has 0 aromatic heterocycles. The van der Waals surface area contributed by atoms with E-state index in [-0.39, 0.29) is 18.5 Å². The van der Waals surface area contributed by atoms with Crippen molar-refractivity contribution in [1.82, 2.24) is 9.80 Å². The number of carbonyl (C=O) groups is 2. The van der Waals surface area contributed by atoms with Gasteiger partial charge in [-0.3, -0.25) is 4.79 Å². The van der Waals surface area contributed by atoms with Crippen molar-refractivity contribution >= 4 is 12.0 Å². The van der Waals surface area contributed by atoms with E-state index in [9.17, 15) is 9.59 Å². The second-order valence-corrected chi connectivity index (χ2v) is 6.82. The van der Waals surface area contributed by atoms with Gasteiger partial charge in [0, 0.05) is 25.2 Å². The number of fused-ring (bicyclic) bond motifs is 1. The lowest BCUT2D eigenvalue weighted by Crippen LogP contribution is -2.53. The van der Waals surface area contributed by atoms with Crippen molar-refractivity contribution in [1.29, 1.82) is 0 Å². The fourth-order valence-corrected chi connectivity index (χ4v) is 4.47. The monoisotopic (exact) mass is 294 g/mol. The Balaban J connectivity index is 1.69. The summed E-state index contributed by atoms with van der Waals surface area (Å²) in [5.74, 6) is -0.109. The summed E-state index contributed by atoms with van der Waals surface area (Å²) in [5.41, 5.74) is 0. The summed E-state index contributed by atoms with van der Waals surface area (Å²) in [5, 5.41) is 9.07. The minimum atomic E-state index is -0.795. The minimum absolute atomic E-state index is 0.0909. The lowest BCUT2D eigenvalue weighted by Gasteiger charge is -2.40. The van der Waals surface area contributed by atoms with Gasteiger partial charge < -0.3 is 14.9 Å². The van der Waals surface area contributed by atoms with Crippen molar-refractivity contribution in [2.45, 2.75) is 69.9 Å². The van der Waals surface area contributed by atoms with E-state index in [1.807, 2.05) is 4.90 Å². The van der Waals surface area contributed by atoms with Gasteiger partial charge in [0.2, 0.25) is 0 Å². The first kappa shape index (κ1) is 14.7. The Bertz CT molecular complexity index is 412. The second-order valence-electron chi connectivity index (χ2n) is 6.82. The molecule has 2 amide bonds. The lowest BCUT2D eigenvalue weighted by atomic mass is 9.85. The zero-order chi connectivity index (χ0) is 14.8. The number of carboxylic acids is 1. The summed E-state index contributed by atoms with van der Waals surface area (Å²) in [6, 6.07) is 0.417. The highest BCUT2D eigenvalue weighted by Gasteiger charge is 2.41. The van der Waals surface area contributed by atoms with E-state index < -0.39 is 5.97 Å². The molecular weight excluding hydrogens is 268 g/mol. The van der Waals surface area contributed by atoms with Gasteiger partial charge in [-0.25, -0.2) is 4.79 Å². The Morgan fingerprint density at radius 1 is 0.905 bits per heavy atom. The summed E-state index contributed by atoms with van der Waals surface area (Å²) < 4.78 is 0. The number of hydrogen-bond acceptors (Lipinski definition) is 2. The molecule has 3 aliphatic rings. The molecule has 3 rings (SSSR count). The highest BCUT2D eigenvalue weighted by Crippen LogP contribution is 2.37. The average Bonchev–Trinajstić information content (AvgIpc) is 2.90. The average molecular weight is 294 g/mol. The molecule has 118 valence electrons. The van der Waals surface area contributed by atoms with Gasteiger partial charge in [-0.05, 0) is 44.4 Å². The number of urea groups is 1. The Kier molecular flexibility index (Phi) is 4.36. The largest absolute Gasteiger partial charge is 0.481 e. The fourth-order valence-electron chi connectivity index (χ4n) is 4.47. The molecule has 0 aromatic carbocycles. The van der Waals surface area contributed by atoms with Crippen molar-refractivity contribution in [3.05, 3.63) is 0 Å². The van der Waals surface area contributed by atoms with Crippen LogP contribution in [0.2, 0.25) is 0 Å². The van der Waals surface area contributed by atoms with Crippen LogP contribution in [-0.2, 0) is 4.79 Å². The van der Waals surface area contributed by atoms with Crippen LogP contribution >= 0.6 is 0 Å². The molecule has 0 radical (unpaired) electrons. The number of amides is 2. The van der Waals surface area contributed by atoms with Gasteiger partial charge in [-0.15, -0.1) is 0 Å². The van der Waals surface area contributed by atoms with Crippen LogP contribution in [0.25, 0.3) is 0 Å². The molecule has 3 atom stereocenters. The second kappa shape index (κ2) is 6.24. The zero-order valence-corrected chi connectivity index (χ0v) is 12.7. The maximum atomic E-state index is 12.9. The lowest BCUT2D eigenvalue weighted by molar-refractivity contribution is -0.138. The van der Waals surface area contributed by atoms with Crippen LogP contribution < -0.4 is 0 Å². The molecule has 3 fully saturated rings. The highest BCUT2D eigenvalue weighted by atomic mass is 16.4. The Morgan fingerprint density at radius 3 is 2.48 bits per heavy atom. The number of piperidine rings is 1. The van der Waals surface area contributed by atoms with E-state index in [1.165, 1.54) is 19.3 Å². The Hall–Kier alpha value is -1.26. The number of aliphatic carboxylic acids is 1. The summed E-state index contributed by atoms with van der Waals surface area (Å²) in [4.78, 5) is 27.9. The van der Waals surface area contributed by atoms with Crippen LogP contribution in [0, 0.1) is 5.92 Å². The molecule has 3 unspecified atom stereocenters. The molecule has 2 heterocycles. The van der Waals surface area contributed by atoms with Crippen molar-refractivity contribution in [3.8, 4) is 0 Å². The van der Waals surface area contributed by atoms with E-state index >= 15 is 0 Å². The SMILES string of the molecule is O=C(O)CC1CCCCN1C(=O)N1CCC2CCCCC21. The Morgan fingerprint density at radius 2 is 1.67 bits per heavy atom. The van der Waals surface area contributed by atoms with Crippen molar-refractivity contribution in [2.75, 3.05) is 13.1 Å². The number of carbonyl (C=O) groups excluding carboxylic acids is 1. The number of likely N-dealkylation sites (tertiary alicyclic amines) is 2. The Labute approximate surface area is 126 Å². The van der Waals surface area contributed by atoms with Crippen molar-refractivity contribution < 1.29 is 14.7 Å². The van der Waals surface area contributed by atoms with E-state index in [4.69, 9.17) is 5.11 Å². The molecule has 2 saturated heterocycles. The van der Waals surface area contributed by atoms with Crippen molar-refractivity contribution in [2.24, 2.45) is 5.92 Å². The van der Waals surface area contributed by atoms with Gasteiger partial charge in [0.05, 0.1) is 6.42 Å². The molecule has 1 N–H and O–H groups in total. The smallest absolute Gasteiger partial charge is 0.320 e. The molecular formula is C16H26N2O3. The topological polar surface area (TPSA) is 60.9 Å². The van der Waals surface area contributed by atoms with Gasteiger partial charge in [0.1, 0.15) is 0 Å². The summed E-state index contributed by atoms with van der Waals surface area (Å²) in [7, 11) is 0. The third-order valence-electron chi connectivity index (χ3n) is 5.54. The third kappa shape index (κ3) is 3.01. The van der Waals surface area contributed by atoms with Gasteiger partial charge in [0.25, 0.3) is 0 Å². The van der Waals surface area contributed by atoms with Gasteiger partial charge in [-0.1, -0.05) is 12.8 Å². The summed E-state index contributed by atoms with van der Waals surface area (Å²) in [6.07, 6.45) is 9.01. The third-order valence-corrected chi connectivity index (χ3v) is 5.54. The molecule has 5 nitrogen and oxygen atoms in total.